The van der Waals surface area contributed by atoms with Gasteiger partial charge in [0.05, 0.1) is 11.3 Å². The zero-order valence-electron chi connectivity index (χ0n) is 12.2. The third-order valence-corrected chi connectivity index (χ3v) is 4.17. The van der Waals surface area contributed by atoms with E-state index in [0.717, 1.165) is 36.5 Å². The first-order valence-corrected chi connectivity index (χ1v) is 7.32. The van der Waals surface area contributed by atoms with Gasteiger partial charge in [-0.15, -0.1) is 0 Å². The lowest BCUT2D eigenvalue weighted by atomic mass is 9.99. The van der Waals surface area contributed by atoms with Gasteiger partial charge in [-0.1, -0.05) is 13.3 Å². The topological polar surface area (TPSA) is 39.9 Å². The predicted molar refractivity (Wildman–Crippen MR) is 76.9 cm³/mol. The van der Waals surface area contributed by atoms with E-state index in [-0.39, 0.29) is 0 Å². The van der Waals surface area contributed by atoms with Gasteiger partial charge in [0.1, 0.15) is 6.07 Å². The Morgan fingerprint density at radius 1 is 1.37 bits per heavy atom. The fourth-order valence-corrected chi connectivity index (χ4v) is 2.96. The van der Waals surface area contributed by atoms with Crippen LogP contribution in [-0.4, -0.2) is 23.0 Å². The molecule has 1 fully saturated rings. The van der Waals surface area contributed by atoms with E-state index in [1.54, 1.807) is 0 Å². The van der Waals surface area contributed by atoms with Crippen LogP contribution in [0, 0.1) is 18.3 Å². The highest BCUT2D eigenvalue weighted by Gasteiger charge is 2.21. The van der Waals surface area contributed by atoms with E-state index in [4.69, 9.17) is 0 Å². The number of aryl methyl sites for hydroxylation is 2. The molecule has 1 atom stereocenters. The second-order valence-corrected chi connectivity index (χ2v) is 5.40. The van der Waals surface area contributed by atoms with Crippen molar-refractivity contribution in [2.45, 2.75) is 52.5 Å². The molecule has 0 N–H and O–H groups in total. The Morgan fingerprint density at radius 2 is 2.05 bits per heavy atom. The van der Waals surface area contributed by atoms with Gasteiger partial charge in [-0.05, 0) is 57.8 Å². The first-order chi connectivity index (χ1) is 9.17. The molecule has 102 valence electrons. The average Bonchev–Trinajstić information content (AvgIpc) is 2.47. The summed E-state index contributed by atoms with van der Waals surface area (Å²) in [6.45, 7) is 8.69. The molecule has 3 nitrogen and oxygen atoms in total. The van der Waals surface area contributed by atoms with Crippen LogP contribution in [0.3, 0.4) is 0 Å². The Kier molecular flexibility index (Phi) is 4.55. The van der Waals surface area contributed by atoms with Gasteiger partial charge in [0.15, 0.2) is 0 Å². The number of rotatable bonds is 3. The molecule has 0 bridgehead atoms. The van der Waals surface area contributed by atoms with Gasteiger partial charge in [-0.3, -0.25) is 9.88 Å². The van der Waals surface area contributed by atoms with Crippen molar-refractivity contribution in [3.05, 3.63) is 28.6 Å². The third-order valence-electron chi connectivity index (χ3n) is 4.17. The summed E-state index contributed by atoms with van der Waals surface area (Å²) >= 11 is 0. The van der Waals surface area contributed by atoms with Crippen LogP contribution in [0.2, 0.25) is 0 Å². The minimum atomic E-state index is 0.366. The van der Waals surface area contributed by atoms with E-state index in [9.17, 15) is 5.26 Å². The van der Waals surface area contributed by atoms with Crippen LogP contribution in [-0.2, 0) is 6.42 Å². The summed E-state index contributed by atoms with van der Waals surface area (Å²) in [5.41, 5.74) is 3.96. The summed E-state index contributed by atoms with van der Waals surface area (Å²) in [6, 6.07) is 4.71. The predicted octanol–water partition coefficient (Wildman–Crippen LogP) is 3.37. The van der Waals surface area contributed by atoms with Crippen LogP contribution in [0.25, 0.3) is 0 Å². The fourth-order valence-electron chi connectivity index (χ4n) is 2.96. The van der Waals surface area contributed by atoms with E-state index in [0.29, 0.717) is 6.04 Å². The van der Waals surface area contributed by atoms with Gasteiger partial charge in [0, 0.05) is 11.7 Å². The van der Waals surface area contributed by atoms with Crippen molar-refractivity contribution in [2.75, 3.05) is 13.1 Å². The molecule has 1 aromatic rings. The molecule has 0 saturated carbocycles. The molecular weight excluding hydrogens is 234 g/mol. The Labute approximate surface area is 116 Å². The van der Waals surface area contributed by atoms with Crippen LogP contribution < -0.4 is 0 Å². The molecule has 1 aliphatic heterocycles. The minimum absolute atomic E-state index is 0.366. The van der Waals surface area contributed by atoms with E-state index >= 15 is 0 Å². The van der Waals surface area contributed by atoms with Gasteiger partial charge in [0.2, 0.25) is 0 Å². The highest BCUT2D eigenvalue weighted by atomic mass is 15.2. The van der Waals surface area contributed by atoms with Crippen molar-refractivity contribution in [3.8, 4) is 6.07 Å². The molecule has 1 unspecified atom stereocenters. The smallest absolute Gasteiger partial charge is 0.101 e. The molecule has 2 rings (SSSR count). The van der Waals surface area contributed by atoms with Gasteiger partial charge in [0.25, 0.3) is 0 Å². The molecule has 19 heavy (non-hydrogen) atoms. The van der Waals surface area contributed by atoms with Crippen molar-refractivity contribution in [1.82, 2.24) is 9.88 Å². The summed E-state index contributed by atoms with van der Waals surface area (Å²) < 4.78 is 0. The lowest BCUT2D eigenvalue weighted by Gasteiger charge is -2.33. The van der Waals surface area contributed by atoms with Gasteiger partial charge >= 0.3 is 0 Å². The second kappa shape index (κ2) is 6.16. The first-order valence-electron chi connectivity index (χ1n) is 7.32. The van der Waals surface area contributed by atoms with E-state index < -0.39 is 0 Å². The number of likely N-dealkylation sites (tertiary alicyclic amines) is 1. The maximum absolute atomic E-state index is 9.25. The SMILES string of the molecule is CCc1nc(C)c(C(C)N2CCCCC2)cc1C#N. The van der Waals surface area contributed by atoms with E-state index in [2.05, 4.69) is 42.8 Å². The van der Waals surface area contributed by atoms with Crippen molar-refractivity contribution in [1.29, 1.82) is 5.26 Å². The molecule has 1 aromatic heterocycles. The third kappa shape index (κ3) is 2.96. The molecule has 0 spiro atoms. The van der Waals surface area contributed by atoms with Crippen molar-refractivity contribution >= 4 is 0 Å². The normalized spacial score (nSPS) is 18.0. The van der Waals surface area contributed by atoms with Gasteiger partial charge < -0.3 is 0 Å². The minimum Gasteiger partial charge on any atom is -0.297 e. The fraction of sp³-hybridized carbons (Fsp3) is 0.625. The monoisotopic (exact) mass is 257 g/mol. The lowest BCUT2D eigenvalue weighted by Crippen LogP contribution is -2.32. The zero-order valence-corrected chi connectivity index (χ0v) is 12.2. The molecule has 0 aromatic carbocycles. The van der Waals surface area contributed by atoms with Crippen LogP contribution >= 0.6 is 0 Å². The number of piperidine rings is 1. The number of nitrogens with zero attached hydrogens (tertiary/aromatic N) is 3. The molecular formula is C16H23N3. The van der Waals surface area contributed by atoms with Gasteiger partial charge in [-0.2, -0.15) is 5.26 Å². The summed E-state index contributed by atoms with van der Waals surface area (Å²) in [6.07, 6.45) is 4.74. The second-order valence-electron chi connectivity index (χ2n) is 5.40. The number of aromatic nitrogens is 1. The number of hydrogen-bond donors (Lipinski definition) is 0. The highest BCUT2D eigenvalue weighted by molar-refractivity contribution is 5.39. The van der Waals surface area contributed by atoms with Crippen molar-refractivity contribution < 1.29 is 0 Å². The maximum atomic E-state index is 9.25. The van der Waals surface area contributed by atoms with Crippen LogP contribution in [0.1, 0.15) is 61.7 Å². The Morgan fingerprint density at radius 3 is 2.63 bits per heavy atom. The summed E-state index contributed by atoms with van der Waals surface area (Å²) in [7, 11) is 0. The Hall–Kier alpha value is -1.40. The standard InChI is InChI=1S/C16H23N3/c1-4-16-14(11-17)10-15(12(2)18-16)13(3)19-8-6-5-7-9-19/h10,13H,4-9H2,1-3H3. The summed E-state index contributed by atoms with van der Waals surface area (Å²) in [5.74, 6) is 0. The molecule has 0 aliphatic carbocycles. The molecule has 0 amide bonds. The van der Waals surface area contributed by atoms with Crippen LogP contribution in [0.5, 0.6) is 0 Å². The van der Waals surface area contributed by atoms with Gasteiger partial charge in [-0.25, -0.2) is 0 Å². The van der Waals surface area contributed by atoms with E-state index in [1.165, 1.54) is 24.8 Å². The average molecular weight is 257 g/mol. The highest BCUT2D eigenvalue weighted by Crippen LogP contribution is 2.27. The molecule has 1 saturated heterocycles. The lowest BCUT2D eigenvalue weighted by molar-refractivity contribution is 0.174. The van der Waals surface area contributed by atoms with Crippen molar-refractivity contribution in [2.24, 2.45) is 0 Å². The molecule has 2 heterocycles. The van der Waals surface area contributed by atoms with Crippen LogP contribution in [0.15, 0.2) is 6.07 Å². The number of hydrogen-bond acceptors (Lipinski definition) is 3. The Balaban J connectivity index is 2.30. The molecule has 3 heteroatoms. The quantitative estimate of drug-likeness (QED) is 0.833. The molecule has 0 radical (unpaired) electrons. The first kappa shape index (κ1) is 14.0. The summed E-state index contributed by atoms with van der Waals surface area (Å²) in [5, 5.41) is 9.25. The van der Waals surface area contributed by atoms with Crippen LogP contribution in [0.4, 0.5) is 0 Å². The van der Waals surface area contributed by atoms with E-state index in [1.807, 2.05) is 0 Å². The largest absolute Gasteiger partial charge is 0.297 e. The summed E-state index contributed by atoms with van der Waals surface area (Å²) in [4.78, 5) is 7.14. The maximum Gasteiger partial charge on any atom is 0.101 e. The number of nitriles is 1. The van der Waals surface area contributed by atoms with Crippen molar-refractivity contribution in [3.63, 3.8) is 0 Å². The number of pyridine rings is 1. The zero-order chi connectivity index (χ0) is 13.8. The molecule has 1 aliphatic rings. The Bertz CT molecular complexity index is 482.